The molecule has 0 saturated carbocycles. The molecule has 1 heterocycles. The molecular weight excluding hydrogens is 398 g/mol. The zero-order valence-corrected chi connectivity index (χ0v) is 18.0. The number of carbonyl (C=O) groups excluding carboxylic acids is 3. The first-order valence-corrected chi connectivity index (χ1v) is 10.2. The Bertz CT molecular complexity index is 927. The highest BCUT2D eigenvalue weighted by Crippen LogP contribution is 2.25. The van der Waals surface area contributed by atoms with Gasteiger partial charge in [-0.1, -0.05) is 17.7 Å². The lowest BCUT2D eigenvalue weighted by Crippen LogP contribution is -2.42. The van der Waals surface area contributed by atoms with Gasteiger partial charge in [0.1, 0.15) is 30.7 Å². The number of aryl methyl sites for hydroxylation is 1. The first-order valence-electron chi connectivity index (χ1n) is 10.2. The second-order valence-corrected chi connectivity index (χ2v) is 7.19. The molecule has 0 radical (unpaired) electrons. The number of nitrogens with one attached hydrogen (secondary N) is 1. The molecule has 164 valence electrons. The van der Waals surface area contributed by atoms with Crippen LogP contribution < -0.4 is 19.7 Å². The van der Waals surface area contributed by atoms with Crippen LogP contribution in [0.1, 0.15) is 19.4 Å². The van der Waals surface area contributed by atoms with Gasteiger partial charge in [-0.3, -0.25) is 19.4 Å². The van der Waals surface area contributed by atoms with Gasteiger partial charge in [0.2, 0.25) is 5.91 Å². The van der Waals surface area contributed by atoms with Crippen molar-refractivity contribution < 1.29 is 23.9 Å². The van der Waals surface area contributed by atoms with Crippen molar-refractivity contribution in [2.45, 2.75) is 26.8 Å². The van der Waals surface area contributed by atoms with Crippen LogP contribution in [-0.2, 0) is 9.59 Å². The fraction of sp³-hybridized carbons (Fsp3) is 0.348. The summed E-state index contributed by atoms with van der Waals surface area (Å²) in [6.07, 6.45) is 0. The molecule has 31 heavy (non-hydrogen) atoms. The van der Waals surface area contributed by atoms with Crippen LogP contribution in [0.3, 0.4) is 0 Å². The average molecular weight is 425 g/mol. The number of urea groups is 1. The van der Waals surface area contributed by atoms with E-state index in [0.717, 1.165) is 16.2 Å². The molecule has 3 rings (SSSR count). The lowest BCUT2D eigenvalue weighted by Gasteiger charge is -2.19. The first kappa shape index (κ1) is 22.1. The van der Waals surface area contributed by atoms with E-state index < -0.39 is 23.9 Å². The van der Waals surface area contributed by atoms with Crippen molar-refractivity contribution in [3.8, 4) is 11.5 Å². The molecule has 1 N–H and O–H groups in total. The normalized spacial score (nSPS) is 15.9. The summed E-state index contributed by atoms with van der Waals surface area (Å²) in [6.45, 7) is 6.29. The molecule has 4 amide bonds. The number of anilines is 1. The Morgan fingerprint density at radius 3 is 2.23 bits per heavy atom. The molecule has 0 aliphatic carbocycles. The molecule has 2 aromatic carbocycles. The van der Waals surface area contributed by atoms with Gasteiger partial charge < -0.3 is 14.8 Å². The van der Waals surface area contributed by atoms with Crippen LogP contribution in [0.5, 0.6) is 11.5 Å². The number of hydrogen-bond donors (Lipinski definition) is 1. The van der Waals surface area contributed by atoms with E-state index in [9.17, 15) is 14.4 Å². The smallest absolute Gasteiger partial charge is 0.332 e. The van der Waals surface area contributed by atoms with Crippen molar-refractivity contribution >= 4 is 23.5 Å². The molecule has 2 aromatic rings. The standard InChI is InChI=1S/C23H27N3O5/c1-4-30-19-9-11-20(12-10-19)31-14-13-24-21(27)15-25-22(28)17(3)26(23(25)29)18-7-5-16(2)6-8-18/h5-12,17H,4,13-15H2,1-3H3,(H,24,27)/t17-/m0/s1. The summed E-state index contributed by atoms with van der Waals surface area (Å²) in [5.74, 6) is 0.600. The summed E-state index contributed by atoms with van der Waals surface area (Å²) in [4.78, 5) is 39.9. The molecule has 0 unspecified atom stereocenters. The van der Waals surface area contributed by atoms with Gasteiger partial charge in [-0.05, 0) is 57.2 Å². The third-order valence-corrected chi connectivity index (χ3v) is 4.89. The van der Waals surface area contributed by atoms with Gasteiger partial charge in [0.05, 0.1) is 13.2 Å². The van der Waals surface area contributed by atoms with Crippen LogP contribution in [0.2, 0.25) is 0 Å². The fourth-order valence-electron chi connectivity index (χ4n) is 3.27. The Hall–Kier alpha value is -3.55. The van der Waals surface area contributed by atoms with Crippen molar-refractivity contribution in [2.24, 2.45) is 0 Å². The molecule has 8 nitrogen and oxygen atoms in total. The maximum atomic E-state index is 12.8. The number of nitrogens with zero attached hydrogens (tertiary/aromatic N) is 2. The summed E-state index contributed by atoms with van der Waals surface area (Å²) < 4.78 is 10.9. The van der Waals surface area contributed by atoms with E-state index in [1.54, 1.807) is 31.2 Å². The third kappa shape index (κ3) is 5.33. The van der Waals surface area contributed by atoms with Gasteiger partial charge in [-0.25, -0.2) is 4.79 Å². The Balaban J connectivity index is 1.48. The van der Waals surface area contributed by atoms with E-state index >= 15 is 0 Å². The van der Waals surface area contributed by atoms with E-state index in [0.29, 0.717) is 18.0 Å². The quantitative estimate of drug-likeness (QED) is 0.493. The highest BCUT2D eigenvalue weighted by Gasteiger charge is 2.43. The van der Waals surface area contributed by atoms with Crippen molar-refractivity contribution in [2.75, 3.05) is 31.2 Å². The lowest BCUT2D eigenvalue weighted by molar-refractivity contribution is -0.131. The van der Waals surface area contributed by atoms with Crippen molar-refractivity contribution in [1.29, 1.82) is 0 Å². The SMILES string of the molecule is CCOc1ccc(OCCNC(=O)CN2C(=O)[C@H](C)N(c3ccc(C)cc3)C2=O)cc1. The van der Waals surface area contributed by atoms with E-state index in [-0.39, 0.29) is 19.7 Å². The van der Waals surface area contributed by atoms with Crippen LogP contribution >= 0.6 is 0 Å². The minimum atomic E-state index is -0.661. The number of ether oxygens (including phenoxy) is 2. The maximum absolute atomic E-state index is 12.8. The van der Waals surface area contributed by atoms with Gasteiger partial charge in [0, 0.05) is 5.69 Å². The van der Waals surface area contributed by atoms with Crippen molar-refractivity contribution in [3.63, 3.8) is 0 Å². The van der Waals surface area contributed by atoms with E-state index in [2.05, 4.69) is 5.32 Å². The number of benzene rings is 2. The summed E-state index contributed by atoms with van der Waals surface area (Å²) in [7, 11) is 0. The predicted octanol–water partition coefficient (Wildman–Crippen LogP) is 2.75. The second-order valence-electron chi connectivity index (χ2n) is 7.19. The highest BCUT2D eigenvalue weighted by molar-refractivity contribution is 6.15. The maximum Gasteiger partial charge on any atom is 0.332 e. The molecule has 1 aliphatic heterocycles. The summed E-state index contributed by atoms with van der Waals surface area (Å²) in [5, 5.41) is 2.68. The van der Waals surface area contributed by atoms with Gasteiger partial charge in [-0.2, -0.15) is 0 Å². The largest absolute Gasteiger partial charge is 0.494 e. The lowest BCUT2D eigenvalue weighted by atomic mass is 10.2. The van der Waals surface area contributed by atoms with Crippen molar-refractivity contribution in [1.82, 2.24) is 10.2 Å². The average Bonchev–Trinajstić information content (AvgIpc) is 2.96. The van der Waals surface area contributed by atoms with Gasteiger partial charge in [0.15, 0.2) is 0 Å². The van der Waals surface area contributed by atoms with E-state index in [1.807, 2.05) is 38.1 Å². The minimum absolute atomic E-state index is 0.249. The summed E-state index contributed by atoms with van der Waals surface area (Å²) in [5.41, 5.74) is 1.68. The summed E-state index contributed by atoms with van der Waals surface area (Å²) >= 11 is 0. The number of amides is 4. The molecule has 0 spiro atoms. The predicted molar refractivity (Wildman–Crippen MR) is 116 cm³/mol. The first-order chi connectivity index (χ1) is 14.9. The Morgan fingerprint density at radius 2 is 1.61 bits per heavy atom. The number of carbonyl (C=O) groups is 3. The van der Waals surface area contributed by atoms with Crippen LogP contribution in [0.25, 0.3) is 0 Å². The molecular formula is C23H27N3O5. The molecule has 1 aliphatic rings. The van der Waals surface area contributed by atoms with Crippen LogP contribution in [-0.4, -0.2) is 55.1 Å². The zero-order chi connectivity index (χ0) is 22.4. The molecule has 1 saturated heterocycles. The molecule has 0 bridgehead atoms. The Kier molecular flexibility index (Phi) is 7.12. The van der Waals surface area contributed by atoms with Crippen LogP contribution in [0, 0.1) is 6.92 Å². The van der Waals surface area contributed by atoms with Gasteiger partial charge in [-0.15, -0.1) is 0 Å². The molecule has 1 atom stereocenters. The number of rotatable bonds is 9. The number of imide groups is 1. The van der Waals surface area contributed by atoms with Gasteiger partial charge >= 0.3 is 6.03 Å². The Morgan fingerprint density at radius 1 is 1.00 bits per heavy atom. The van der Waals surface area contributed by atoms with E-state index in [4.69, 9.17) is 9.47 Å². The fourth-order valence-corrected chi connectivity index (χ4v) is 3.27. The second kappa shape index (κ2) is 9.97. The molecule has 0 aromatic heterocycles. The Labute approximate surface area is 181 Å². The van der Waals surface area contributed by atoms with Crippen molar-refractivity contribution in [3.05, 3.63) is 54.1 Å². The third-order valence-electron chi connectivity index (χ3n) is 4.89. The van der Waals surface area contributed by atoms with E-state index in [1.165, 1.54) is 4.90 Å². The summed E-state index contributed by atoms with van der Waals surface area (Å²) in [6, 6.07) is 13.4. The highest BCUT2D eigenvalue weighted by atomic mass is 16.5. The topological polar surface area (TPSA) is 88.2 Å². The van der Waals surface area contributed by atoms with Crippen LogP contribution in [0.15, 0.2) is 48.5 Å². The zero-order valence-electron chi connectivity index (χ0n) is 18.0. The van der Waals surface area contributed by atoms with Gasteiger partial charge in [0.25, 0.3) is 5.91 Å². The monoisotopic (exact) mass is 425 g/mol. The van der Waals surface area contributed by atoms with Crippen LogP contribution in [0.4, 0.5) is 10.5 Å². The minimum Gasteiger partial charge on any atom is -0.494 e. The number of hydrogen-bond acceptors (Lipinski definition) is 5. The molecule has 1 fully saturated rings. The molecule has 8 heteroatoms.